The predicted molar refractivity (Wildman–Crippen MR) is 109 cm³/mol. The van der Waals surface area contributed by atoms with Crippen LogP contribution in [0.2, 0.25) is 0 Å². The normalized spacial score (nSPS) is 12.3. The first-order chi connectivity index (χ1) is 13.0. The van der Waals surface area contributed by atoms with Gasteiger partial charge in [-0.25, -0.2) is 8.42 Å². The summed E-state index contributed by atoms with van der Waals surface area (Å²) in [4.78, 5) is 0.194. The molecule has 0 aliphatic heterocycles. The molecule has 0 radical (unpaired) electrons. The van der Waals surface area contributed by atoms with E-state index in [1.807, 2.05) is 37.3 Å². The zero-order chi connectivity index (χ0) is 19.7. The van der Waals surface area contributed by atoms with Crippen LogP contribution in [0.4, 0.5) is 0 Å². The van der Waals surface area contributed by atoms with Gasteiger partial charge < -0.3 is 4.74 Å². The van der Waals surface area contributed by atoms with Crippen molar-refractivity contribution in [2.24, 2.45) is 0 Å². The van der Waals surface area contributed by atoms with Gasteiger partial charge in [-0.05, 0) is 36.2 Å². The van der Waals surface area contributed by atoms with Crippen molar-refractivity contribution in [2.75, 3.05) is 13.2 Å². The quantitative estimate of drug-likeness (QED) is 0.470. The van der Waals surface area contributed by atoms with Gasteiger partial charge in [0.25, 0.3) is 0 Å². The van der Waals surface area contributed by atoms with Crippen molar-refractivity contribution in [3.8, 4) is 11.3 Å². The van der Waals surface area contributed by atoms with E-state index in [1.54, 1.807) is 30.3 Å². The molecule has 6 heteroatoms. The Labute approximate surface area is 166 Å². The van der Waals surface area contributed by atoms with Crippen molar-refractivity contribution in [3.05, 3.63) is 78.4 Å². The summed E-state index contributed by atoms with van der Waals surface area (Å²) in [5, 5.41) is 2.23. The largest absolute Gasteiger partial charge is 0.375 e. The van der Waals surface area contributed by atoms with Crippen molar-refractivity contribution >= 4 is 21.6 Å². The summed E-state index contributed by atoms with van der Waals surface area (Å²) in [6.07, 6.45) is 1.55. The number of rotatable bonds is 9. The van der Waals surface area contributed by atoms with Gasteiger partial charge in [0.15, 0.2) is 0 Å². The van der Waals surface area contributed by atoms with Crippen LogP contribution < -0.4 is 0 Å². The molecule has 0 bridgehead atoms. The second kappa shape index (κ2) is 10.3. The van der Waals surface area contributed by atoms with Gasteiger partial charge >= 0.3 is 0 Å². The second-order valence-electron chi connectivity index (χ2n) is 5.94. The van der Waals surface area contributed by atoms with Crippen molar-refractivity contribution in [1.29, 1.82) is 0 Å². The molecule has 1 unspecified atom stereocenters. The van der Waals surface area contributed by atoms with Crippen LogP contribution >= 0.6 is 11.6 Å². The third-order valence-corrected chi connectivity index (χ3v) is 5.99. The highest BCUT2D eigenvalue weighted by Gasteiger charge is 2.29. The topological polar surface area (TPSA) is 46.6 Å². The van der Waals surface area contributed by atoms with Crippen LogP contribution in [0.3, 0.4) is 0 Å². The van der Waals surface area contributed by atoms with Crippen LogP contribution in [-0.4, -0.2) is 31.9 Å². The molecule has 142 valence electrons. The molecule has 0 amide bonds. The summed E-state index contributed by atoms with van der Waals surface area (Å²) < 4.78 is 33.2. The predicted octanol–water partition coefficient (Wildman–Crippen LogP) is 3.96. The van der Waals surface area contributed by atoms with Gasteiger partial charge in [0, 0.05) is 5.38 Å². The first kappa shape index (κ1) is 21.2. The molecule has 27 heavy (non-hydrogen) atoms. The monoisotopic (exact) mass is 403 g/mol. The van der Waals surface area contributed by atoms with Gasteiger partial charge in [0.05, 0.1) is 30.7 Å². The zero-order valence-electron chi connectivity index (χ0n) is 15.1. The van der Waals surface area contributed by atoms with Gasteiger partial charge in [-0.1, -0.05) is 60.0 Å². The lowest BCUT2D eigenvalue weighted by Crippen LogP contribution is -2.42. The first-order valence-electron chi connectivity index (χ1n) is 8.40. The van der Waals surface area contributed by atoms with Gasteiger partial charge in [0.2, 0.25) is 10.0 Å². The Balaban J connectivity index is 2.19. The Morgan fingerprint density at radius 1 is 1.19 bits per heavy atom. The molecule has 2 rings (SSSR count). The fourth-order valence-corrected chi connectivity index (χ4v) is 4.02. The Bertz CT molecular complexity index is 900. The fourth-order valence-electron chi connectivity index (χ4n) is 2.47. The minimum atomic E-state index is -3.78. The number of hydrogen-bond donors (Lipinski definition) is 0. The minimum Gasteiger partial charge on any atom is -0.375 e. The standard InChI is InChI=1S/C21H22ClNO3S/c1-3-20(17-26-16-19-8-5-4-6-9-19)23(15-7-14-22)27(24,25)21-12-10-18(2)11-13-21/h3-6,8-13,20H,1,15-17H2,2H3. The third-order valence-electron chi connectivity index (χ3n) is 3.97. The number of ether oxygens (including phenoxy) is 1. The van der Waals surface area contributed by atoms with Crippen LogP contribution in [0.15, 0.2) is 72.1 Å². The maximum atomic E-state index is 13.1. The summed E-state index contributed by atoms with van der Waals surface area (Å²) in [7, 11) is -3.78. The van der Waals surface area contributed by atoms with E-state index in [0.717, 1.165) is 11.1 Å². The number of nitrogens with zero attached hydrogens (tertiary/aromatic N) is 1. The highest BCUT2D eigenvalue weighted by Crippen LogP contribution is 2.20. The van der Waals surface area contributed by atoms with E-state index in [-0.39, 0.29) is 18.0 Å². The van der Waals surface area contributed by atoms with E-state index in [1.165, 1.54) is 4.31 Å². The highest BCUT2D eigenvalue weighted by atomic mass is 35.5. The van der Waals surface area contributed by atoms with Crippen LogP contribution in [0.5, 0.6) is 0 Å². The molecule has 2 aromatic rings. The lowest BCUT2D eigenvalue weighted by Gasteiger charge is -2.27. The molecule has 0 aliphatic carbocycles. The van der Waals surface area contributed by atoms with Crippen LogP contribution in [0.1, 0.15) is 11.1 Å². The molecule has 2 aromatic carbocycles. The SMILES string of the molecule is C=CC(COCc1ccccc1)N(CC#CCl)S(=O)(=O)c1ccc(C)cc1. The molecule has 0 fully saturated rings. The van der Waals surface area contributed by atoms with Crippen LogP contribution in [-0.2, 0) is 21.4 Å². The van der Waals surface area contributed by atoms with Gasteiger partial charge in [0.1, 0.15) is 0 Å². The average molecular weight is 404 g/mol. The van der Waals surface area contributed by atoms with E-state index in [9.17, 15) is 8.42 Å². The molecule has 0 saturated heterocycles. The van der Waals surface area contributed by atoms with Gasteiger partial charge in [-0.15, -0.1) is 6.58 Å². The molecule has 0 heterocycles. The van der Waals surface area contributed by atoms with E-state index in [4.69, 9.17) is 16.3 Å². The van der Waals surface area contributed by atoms with Crippen molar-refractivity contribution in [2.45, 2.75) is 24.5 Å². The van der Waals surface area contributed by atoms with E-state index in [0.29, 0.717) is 6.61 Å². The summed E-state index contributed by atoms with van der Waals surface area (Å²) in [6, 6.07) is 15.8. The van der Waals surface area contributed by atoms with Crippen molar-refractivity contribution < 1.29 is 13.2 Å². The first-order valence-corrected chi connectivity index (χ1v) is 10.2. The van der Waals surface area contributed by atoms with E-state index < -0.39 is 16.1 Å². The molecular formula is C21H22ClNO3S. The van der Waals surface area contributed by atoms with Crippen LogP contribution in [0.25, 0.3) is 0 Å². The molecule has 0 aromatic heterocycles. The number of sulfonamides is 1. The summed E-state index contributed by atoms with van der Waals surface area (Å²) in [5.41, 5.74) is 1.99. The molecule has 0 saturated carbocycles. The van der Waals surface area contributed by atoms with Gasteiger partial charge in [-0.3, -0.25) is 0 Å². The summed E-state index contributed by atoms with van der Waals surface area (Å²) in [6.45, 7) is 6.16. The average Bonchev–Trinajstić information content (AvgIpc) is 2.68. The third kappa shape index (κ3) is 5.95. The second-order valence-corrected chi connectivity index (χ2v) is 8.02. The molecular weight excluding hydrogens is 382 g/mol. The van der Waals surface area contributed by atoms with Crippen molar-refractivity contribution in [3.63, 3.8) is 0 Å². The molecule has 4 nitrogen and oxygen atoms in total. The van der Waals surface area contributed by atoms with Crippen LogP contribution in [0, 0.1) is 18.2 Å². The van der Waals surface area contributed by atoms with Gasteiger partial charge in [-0.2, -0.15) is 4.31 Å². The zero-order valence-corrected chi connectivity index (χ0v) is 16.7. The lowest BCUT2D eigenvalue weighted by molar-refractivity contribution is 0.0934. The minimum absolute atomic E-state index is 0.0505. The van der Waals surface area contributed by atoms with Crippen molar-refractivity contribution in [1.82, 2.24) is 4.31 Å². The number of hydrogen-bond acceptors (Lipinski definition) is 3. The molecule has 0 spiro atoms. The summed E-state index contributed by atoms with van der Waals surface area (Å²) in [5.74, 6) is 2.62. The Morgan fingerprint density at radius 2 is 1.85 bits per heavy atom. The Hall–Kier alpha value is -2.10. The smallest absolute Gasteiger partial charge is 0.244 e. The maximum Gasteiger partial charge on any atom is 0.244 e. The number of aryl methyl sites for hydroxylation is 1. The van der Waals surface area contributed by atoms with E-state index in [2.05, 4.69) is 17.9 Å². The maximum absolute atomic E-state index is 13.1. The lowest BCUT2D eigenvalue weighted by atomic mass is 10.2. The van der Waals surface area contributed by atoms with E-state index >= 15 is 0 Å². The summed E-state index contributed by atoms with van der Waals surface area (Å²) >= 11 is 5.46. The number of benzene rings is 2. The Kier molecular flexibility index (Phi) is 8.08. The molecule has 0 N–H and O–H groups in total. The Morgan fingerprint density at radius 3 is 2.44 bits per heavy atom. The molecule has 1 atom stereocenters. The fraction of sp³-hybridized carbons (Fsp3) is 0.238. The number of halogens is 1. The molecule has 0 aliphatic rings. The highest BCUT2D eigenvalue weighted by molar-refractivity contribution is 7.89.